The molecule has 4 aliphatic heterocycles. The zero-order valence-corrected chi connectivity index (χ0v) is 69.2. The summed E-state index contributed by atoms with van der Waals surface area (Å²) >= 11 is 0. The van der Waals surface area contributed by atoms with Crippen LogP contribution in [0.15, 0.2) is 465 Å². The zero-order valence-electron chi connectivity index (χ0n) is 69.2. The topological polar surface area (TPSA) is 38.1 Å². The van der Waals surface area contributed by atoms with Gasteiger partial charge in [0, 0.05) is 67.5 Å². The van der Waals surface area contributed by atoms with Crippen LogP contribution >= 0.6 is 0 Å². The average molecular weight is 1620 g/mol. The van der Waals surface area contributed by atoms with E-state index in [4.69, 9.17) is 13.9 Å². The Labute approximate surface area is 738 Å². The second-order valence-electron chi connectivity index (χ2n) is 33.5. The molecular weight excluding hydrogens is 1540 g/mol. The molecular formula is C120H76B2N2O3. The lowest BCUT2D eigenvalue weighted by molar-refractivity contribution is 0.469. The fourth-order valence-electron chi connectivity index (χ4n) is 20.6. The summed E-state index contributed by atoms with van der Waals surface area (Å²) in [6, 6.07) is 170. The summed E-state index contributed by atoms with van der Waals surface area (Å²) in [6.07, 6.45) is 0. The van der Waals surface area contributed by atoms with E-state index in [0.717, 1.165) is 240 Å². The normalized spacial score (nSPS) is 12.5. The number of hydrogen-bond acceptors (Lipinski definition) is 5. The minimum atomic E-state index is -0.541. The molecule has 127 heavy (non-hydrogen) atoms. The number of nitrogens with zero attached hydrogens (tertiary/aromatic N) is 2. The van der Waals surface area contributed by atoms with Crippen molar-refractivity contribution >= 4 is 102 Å². The largest absolute Gasteiger partial charge is 0.459 e. The number of para-hydroxylation sites is 3. The van der Waals surface area contributed by atoms with Crippen LogP contribution in [0.4, 0.5) is 34.1 Å². The SMILES string of the molecule is c1ccc(-c2cccc(-c3cccc(-c4cccc(-c5ccccc5)c4)c3N3c4ccc(-c5ccccc5)cc4B4c5c3cc(-c3ccccc3)cc5N(c3c(-c5cccc(-c6ccccc6)c5)cccc3-c3cccc(-c5ccccc5)c3)c3cc5c6c(c34)Oc3ccc(-c4ccccc4)cc3B6c3cc(-c4ccccc4)c4oc6ccccc6c4c3O5)c2)cc1. The molecule has 25 rings (SSSR count). The van der Waals surface area contributed by atoms with Crippen molar-refractivity contribution in [2.75, 3.05) is 9.80 Å². The Bertz CT molecular complexity index is 7740. The molecule has 0 N–H and O–H groups in total. The summed E-state index contributed by atoms with van der Waals surface area (Å²) in [7, 11) is 0. The first-order valence-electron chi connectivity index (χ1n) is 43.7. The molecule has 5 heterocycles. The molecule has 7 heteroatoms. The van der Waals surface area contributed by atoms with E-state index in [-0.39, 0.29) is 0 Å². The third kappa shape index (κ3) is 12.3. The van der Waals surface area contributed by atoms with Crippen LogP contribution in [0.3, 0.4) is 0 Å². The summed E-state index contributed by atoms with van der Waals surface area (Å²) in [5.41, 5.74) is 39.7. The Hall–Kier alpha value is -16.5. The molecule has 5 nitrogen and oxygen atoms in total. The lowest BCUT2D eigenvalue weighted by Gasteiger charge is -2.47. The van der Waals surface area contributed by atoms with Crippen molar-refractivity contribution < 1.29 is 13.9 Å². The van der Waals surface area contributed by atoms with E-state index in [1.165, 1.54) is 0 Å². The van der Waals surface area contributed by atoms with Gasteiger partial charge in [-0.1, -0.05) is 400 Å². The van der Waals surface area contributed by atoms with Crippen molar-refractivity contribution in [3.8, 4) is 157 Å². The molecule has 20 aromatic carbocycles. The van der Waals surface area contributed by atoms with Gasteiger partial charge in [0.25, 0.3) is 13.4 Å². The molecule has 0 amide bonds. The van der Waals surface area contributed by atoms with Gasteiger partial charge in [-0.05, 0) is 188 Å². The first-order valence-corrected chi connectivity index (χ1v) is 43.7. The molecule has 0 bridgehead atoms. The highest BCUT2D eigenvalue weighted by Gasteiger charge is 2.52. The van der Waals surface area contributed by atoms with E-state index in [0.29, 0.717) is 5.75 Å². The number of furan rings is 1. The predicted octanol–water partition coefficient (Wildman–Crippen LogP) is 28.4. The lowest BCUT2D eigenvalue weighted by atomic mass is 9.30. The van der Waals surface area contributed by atoms with Crippen LogP contribution in [0, 0.1) is 0 Å². The highest BCUT2D eigenvalue weighted by molar-refractivity contribution is 7.03. The van der Waals surface area contributed by atoms with E-state index in [1.54, 1.807) is 0 Å². The van der Waals surface area contributed by atoms with Crippen molar-refractivity contribution in [2.24, 2.45) is 0 Å². The van der Waals surface area contributed by atoms with E-state index in [1.807, 2.05) is 0 Å². The van der Waals surface area contributed by atoms with Gasteiger partial charge in [0.15, 0.2) is 0 Å². The summed E-state index contributed by atoms with van der Waals surface area (Å²) in [6.45, 7) is -0.991. The van der Waals surface area contributed by atoms with E-state index >= 15 is 0 Å². The van der Waals surface area contributed by atoms with Crippen molar-refractivity contribution in [1.82, 2.24) is 0 Å². The number of fused-ring (bicyclic) bond motifs is 13. The molecule has 0 radical (unpaired) electrons. The van der Waals surface area contributed by atoms with Crippen molar-refractivity contribution in [1.29, 1.82) is 0 Å². The minimum absolute atomic E-state index is 0.450. The monoisotopic (exact) mass is 1610 g/mol. The van der Waals surface area contributed by atoms with Gasteiger partial charge in [0.05, 0.1) is 16.8 Å². The van der Waals surface area contributed by atoms with Crippen LogP contribution in [0.2, 0.25) is 0 Å². The Morgan fingerprint density at radius 1 is 0.189 bits per heavy atom. The molecule has 0 aliphatic carbocycles. The van der Waals surface area contributed by atoms with E-state index in [9.17, 15) is 0 Å². The van der Waals surface area contributed by atoms with Crippen LogP contribution in [-0.2, 0) is 0 Å². The van der Waals surface area contributed by atoms with Crippen molar-refractivity contribution in [2.45, 2.75) is 0 Å². The van der Waals surface area contributed by atoms with Crippen LogP contribution in [0.5, 0.6) is 23.0 Å². The van der Waals surface area contributed by atoms with Crippen LogP contribution < -0.4 is 52.1 Å². The van der Waals surface area contributed by atoms with Crippen molar-refractivity contribution in [3.63, 3.8) is 0 Å². The number of ether oxygens (including phenoxy) is 2. The maximum absolute atomic E-state index is 8.39. The Balaban J connectivity index is 0.859. The fraction of sp³-hybridized carbons (Fsp3) is 0. The summed E-state index contributed by atoms with van der Waals surface area (Å²) in [4.78, 5) is 5.32. The minimum Gasteiger partial charge on any atom is -0.459 e. The van der Waals surface area contributed by atoms with Crippen LogP contribution in [0.25, 0.3) is 155 Å². The van der Waals surface area contributed by atoms with Crippen LogP contribution in [-0.4, -0.2) is 13.4 Å². The number of benzene rings is 20. The van der Waals surface area contributed by atoms with Gasteiger partial charge in [-0.2, -0.15) is 0 Å². The molecule has 1 aromatic heterocycles. The van der Waals surface area contributed by atoms with Gasteiger partial charge in [0.1, 0.15) is 34.2 Å². The quantitative estimate of drug-likeness (QED) is 0.101. The first kappa shape index (κ1) is 73.3. The van der Waals surface area contributed by atoms with Gasteiger partial charge in [-0.25, -0.2) is 0 Å². The molecule has 590 valence electrons. The highest BCUT2D eigenvalue weighted by atomic mass is 16.5. The third-order valence-corrected chi connectivity index (χ3v) is 26.3. The zero-order chi connectivity index (χ0) is 83.6. The summed E-state index contributed by atoms with van der Waals surface area (Å²) < 4.78 is 23.9. The highest BCUT2D eigenvalue weighted by Crippen LogP contribution is 2.57. The predicted molar refractivity (Wildman–Crippen MR) is 531 cm³/mol. The fourth-order valence-corrected chi connectivity index (χ4v) is 20.6. The second kappa shape index (κ2) is 30.2. The molecule has 0 fully saturated rings. The van der Waals surface area contributed by atoms with Gasteiger partial charge in [-0.15, -0.1) is 0 Å². The standard InChI is InChI=1S/C120H76B2N2O3/c1-9-33-77(34-10-1)85-49-27-53-91(67-85)96-58-31-59-97(92-54-28-50-86(68-92)78-35-11-2-12-36-78)116(96)123-105-65-63-89(81-41-17-5-18-42-81)71-102(105)122-113-106(123)73-95(83-45-21-7-22-46-83)74-107(113)124(117-98(93-55-29-51-87(69-93)79-37-13-3-14-38-79)60-32-61-99(117)94-56-30-52-88(70-94)80-39-15-4-16-40-80)108-76-111-115-120(114(108)122)126-110-66-64-90(82-43-19-6-20-44-82)72-103(110)121(115)104-75-101(84-47-23-8-24-48-84)118-112(119(104)127-111)100-57-25-26-62-109(100)125-118/h1-76H. The smallest absolute Gasteiger partial charge is 0.260 e. The van der Waals surface area contributed by atoms with Crippen LogP contribution in [0.1, 0.15) is 0 Å². The number of rotatable bonds is 14. The van der Waals surface area contributed by atoms with E-state index < -0.39 is 13.4 Å². The number of hydrogen-bond donors (Lipinski definition) is 0. The van der Waals surface area contributed by atoms with Crippen molar-refractivity contribution in [3.05, 3.63) is 461 Å². The molecule has 0 saturated heterocycles. The number of anilines is 6. The Kier molecular flexibility index (Phi) is 17.4. The third-order valence-electron chi connectivity index (χ3n) is 26.3. The first-order chi connectivity index (χ1) is 63.0. The van der Waals surface area contributed by atoms with Gasteiger partial charge in [0.2, 0.25) is 0 Å². The molecule has 0 atom stereocenters. The van der Waals surface area contributed by atoms with Gasteiger partial charge in [-0.3, -0.25) is 0 Å². The summed E-state index contributed by atoms with van der Waals surface area (Å²) in [5, 5.41) is 1.89. The Morgan fingerprint density at radius 3 is 0.984 bits per heavy atom. The summed E-state index contributed by atoms with van der Waals surface area (Å²) in [5.74, 6) is 2.95. The van der Waals surface area contributed by atoms with E-state index in [2.05, 4.69) is 471 Å². The molecule has 0 unspecified atom stereocenters. The maximum Gasteiger partial charge on any atom is 0.260 e. The maximum atomic E-state index is 8.39. The molecule has 0 saturated carbocycles. The molecule has 4 aliphatic rings. The lowest BCUT2D eigenvalue weighted by Crippen LogP contribution is -2.65. The molecule has 21 aromatic rings. The molecule has 0 spiro atoms. The van der Waals surface area contributed by atoms with Gasteiger partial charge >= 0.3 is 0 Å². The van der Waals surface area contributed by atoms with Gasteiger partial charge < -0.3 is 23.7 Å². The second-order valence-corrected chi connectivity index (χ2v) is 33.5. The average Bonchev–Trinajstić information content (AvgIpc) is 0.877. The Morgan fingerprint density at radius 2 is 0.535 bits per heavy atom.